The first kappa shape index (κ1) is 25.1. The molecule has 1 aliphatic heterocycles. The third kappa shape index (κ3) is 4.42. The van der Waals surface area contributed by atoms with Crippen LogP contribution in [0.1, 0.15) is 17.5 Å². The van der Waals surface area contributed by atoms with Crippen molar-refractivity contribution in [3.63, 3.8) is 0 Å². The highest BCUT2D eigenvalue weighted by Crippen LogP contribution is 2.43. The molecule has 1 aliphatic rings. The summed E-state index contributed by atoms with van der Waals surface area (Å²) in [5.74, 6) is 0. The second-order valence-corrected chi connectivity index (χ2v) is 10.3. The minimum Gasteiger partial charge on any atom is -0.284 e. The molecule has 0 spiro atoms. The molecular weight excluding hydrogens is 512 g/mol. The Balaban J connectivity index is 1.37. The summed E-state index contributed by atoms with van der Waals surface area (Å²) in [5.41, 5.74) is 9.67. The van der Waals surface area contributed by atoms with Gasteiger partial charge in [-0.2, -0.15) is 10.5 Å². The lowest BCUT2D eigenvalue weighted by Gasteiger charge is -2.18. The van der Waals surface area contributed by atoms with Crippen molar-refractivity contribution in [2.45, 2.75) is 6.42 Å². The molecule has 6 aromatic rings. The normalized spacial score (nSPS) is 12.8. The van der Waals surface area contributed by atoms with E-state index in [1.165, 1.54) is 32.7 Å². The van der Waals surface area contributed by atoms with Crippen molar-refractivity contribution < 1.29 is 0 Å². The molecule has 0 bridgehead atoms. The van der Waals surface area contributed by atoms with Gasteiger partial charge in [0, 0.05) is 30.3 Å². The summed E-state index contributed by atoms with van der Waals surface area (Å²) in [6.45, 7) is 0.650. The van der Waals surface area contributed by atoms with Crippen LogP contribution in [0.15, 0.2) is 132 Å². The molecule has 7 rings (SSSR count). The first-order valence-corrected chi connectivity index (χ1v) is 13.9. The zero-order chi connectivity index (χ0) is 28.5. The number of pyridine rings is 1. The molecule has 0 amide bonds. The molecule has 0 fully saturated rings. The molecule has 4 heteroatoms. The number of hydrogen-bond donors (Lipinski definition) is 0. The second kappa shape index (κ2) is 10.6. The SMILES string of the molecule is N#CC1=CC(c2ccc(-c3c4ccccc4c(-c4ccc(-c5cc(C#N)ccn5)cc4)c4ccccc34)cc2)=NCC1. The summed E-state index contributed by atoms with van der Waals surface area (Å²) >= 11 is 0. The average Bonchev–Trinajstić information content (AvgIpc) is 3.07. The van der Waals surface area contributed by atoms with Gasteiger partial charge in [-0.15, -0.1) is 0 Å². The van der Waals surface area contributed by atoms with Gasteiger partial charge in [0.05, 0.1) is 29.1 Å². The lowest BCUT2D eigenvalue weighted by Crippen LogP contribution is -2.05. The van der Waals surface area contributed by atoms with Crippen molar-refractivity contribution in [2.24, 2.45) is 4.99 Å². The fraction of sp³-hybridized carbons (Fsp3) is 0.0526. The van der Waals surface area contributed by atoms with Gasteiger partial charge in [-0.3, -0.25) is 9.98 Å². The molecule has 0 saturated heterocycles. The van der Waals surface area contributed by atoms with Crippen LogP contribution in [0.2, 0.25) is 0 Å². The fourth-order valence-corrected chi connectivity index (χ4v) is 5.87. The van der Waals surface area contributed by atoms with Crippen molar-refractivity contribution >= 4 is 27.3 Å². The van der Waals surface area contributed by atoms with E-state index in [1.807, 2.05) is 12.1 Å². The van der Waals surface area contributed by atoms with Crippen LogP contribution in [0, 0.1) is 22.7 Å². The topological polar surface area (TPSA) is 72.8 Å². The van der Waals surface area contributed by atoms with Crippen LogP contribution in [0.4, 0.5) is 0 Å². The third-order valence-electron chi connectivity index (χ3n) is 7.88. The van der Waals surface area contributed by atoms with E-state index in [0.717, 1.165) is 39.2 Å². The smallest absolute Gasteiger partial charge is 0.0992 e. The number of aromatic nitrogens is 1. The zero-order valence-electron chi connectivity index (χ0n) is 22.8. The second-order valence-electron chi connectivity index (χ2n) is 10.3. The Kier molecular flexibility index (Phi) is 6.36. The molecular formula is C38H24N4. The Hall–Kier alpha value is -5.84. The van der Waals surface area contributed by atoms with Gasteiger partial charge in [0.1, 0.15) is 0 Å². The molecule has 0 aliphatic carbocycles. The molecule has 2 heterocycles. The van der Waals surface area contributed by atoms with Crippen LogP contribution in [0.25, 0.3) is 55.1 Å². The van der Waals surface area contributed by atoms with E-state index >= 15 is 0 Å². The van der Waals surface area contributed by atoms with Crippen LogP contribution in [-0.4, -0.2) is 17.2 Å². The van der Waals surface area contributed by atoms with E-state index in [0.29, 0.717) is 18.5 Å². The number of allylic oxidation sites excluding steroid dienone is 1. The predicted molar refractivity (Wildman–Crippen MR) is 170 cm³/mol. The average molecular weight is 537 g/mol. The maximum absolute atomic E-state index is 9.35. The van der Waals surface area contributed by atoms with Gasteiger partial charge in [0.25, 0.3) is 0 Å². The van der Waals surface area contributed by atoms with Crippen LogP contribution >= 0.6 is 0 Å². The third-order valence-corrected chi connectivity index (χ3v) is 7.88. The lowest BCUT2D eigenvalue weighted by atomic mass is 9.85. The fourth-order valence-electron chi connectivity index (χ4n) is 5.87. The highest BCUT2D eigenvalue weighted by molar-refractivity contribution is 6.21. The van der Waals surface area contributed by atoms with Crippen LogP contribution in [0.5, 0.6) is 0 Å². The number of dihydropyridines is 1. The first-order chi connectivity index (χ1) is 20.7. The minimum atomic E-state index is 0.597. The van der Waals surface area contributed by atoms with Crippen LogP contribution in [0.3, 0.4) is 0 Å². The standard InChI is InChI=1S/C38H24N4/c39-23-25-17-19-41-35(21-25)27-9-13-29(14-10-27)37-31-5-1-2-6-32(31)38(34-8-4-3-7-33(34)37)30-15-11-28(12-16-30)36-22-26(24-40)18-20-42-36/h1-17,19,21-22H,18,20H2. The van der Waals surface area contributed by atoms with Gasteiger partial charge in [-0.25, -0.2) is 0 Å². The molecule has 0 saturated carbocycles. The number of benzene rings is 5. The van der Waals surface area contributed by atoms with Gasteiger partial charge in [0.2, 0.25) is 0 Å². The zero-order valence-corrected chi connectivity index (χ0v) is 22.8. The van der Waals surface area contributed by atoms with Gasteiger partial charge in [-0.05, 0) is 67.6 Å². The van der Waals surface area contributed by atoms with E-state index in [2.05, 4.69) is 119 Å². The highest BCUT2D eigenvalue weighted by Gasteiger charge is 2.17. The number of rotatable bonds is 4. The van der Waals surface area contributed by atoms with Crippen LogP contribution in [-0.2, 0) is 0 Å². The van der Waals surface area contributed by atoms with E-state index in [-0.39, 0.29) is 0 Å². The van der Waals surface area contributed by atoms with Crippen molar-refractivity contribution in [1.82, 2.24) is 4.98 Å². The van der Waals surface area contributed by atoms with Gasteiger partial charge in [0.15, 0.2) is 0 Å². The summed E-state index contributed by atoms with van der Waals surface area (Å²) in [5, 5.41) is 23.4. The Labute approximate surface area is 244 Å². The Bertz CT molecular complexity index is 2080. The summed E-state index contributed by atoms with van der Waals surface area (Å²) in [6.07, 6.45) is 4.28. The Morgan fingerprint density at radius 1 is 0.571 bits per heavy atom. The van der Waals surface area contributed by atoms with E-state index in [1.54, 1.807) is 12.3 Å². The maximum Gasteiger partial charge on any atom is 0.0992 e. The van der Waals surface area contributed by atoms with E-state index in [9.17, 15) is 10.5 Å². The first-order valence-electron chi connectivity index (χ1n) is 13.9. The summed E-state index contributed by atoms with van der Waals surface area (Å²) in [7, 11) is 0. The van der Waals surface area contributed by atoms with Gasteiger partial charge < -0.3 is 0 Å². The molecule has 0 N–H and O–H groups in total. The number of nitrogens with zero attached hydrogens (tertiary/aromatic N) is 4. The van der Waals surface area contributed by atoms with E-state index in [4.69, 9.17) is 0 Å². The molecule has 0 atom stereocenters. The Morgan fingerprint density at radius 3 is 1.62 bits per heavy atom. The van der Waals surface area contributed by atoms with Crippen LogP contribution < -0.4 is 0 Å². The molecule has 196 valence electrons. The Morgan fingerprint density at radius 2 is 1.10 bits per heavy atom. The molecule has 5 aromatic carbocycles. The lowest BCUT2D eigenvalue weighted by molar-refractivity contribution is 0.962. The molecule has 0 radical (unpaired) electrons. The van der Waals surface area contributed by atoms with Gasteiger partial charge in [-0.1, -0.05) is 97.1 Å². The molecule has 0 unspecified atom stereocenters. The number of aliphatic imine (C=N–C) groups is 1. The van der Waals surface area contributed by atoms with Crippen molar-refractivity contribution in [3.8, 4) is 45.6 Å². The summed E-state index contributed by atoms with van der Waals surface area (Å²) < 4.78 is 0. The number of nitriles is 2. The molecule has 4 nitrogen and oxygen atoms in total. The monoisotopic (exact) mass is 536 g/mol. The van der Waals surface area contributed by atoms with E-state index < -0.39 is 0 Å². The quantitative estimate of drug-likeness (QED) is 0.211. The molecule has 1 aromatic heterocycles. The maximum atomic E-state index is 9.35. The number of fused-ring (bicyclic) bond motifs is 2. The largest absolute Gasteiger partial charge is 0.284 e. The predicted octanol–water partition coefficient (Wildman–Crippen LogP) is 8.90. The van der Waals surface area contributed by atoms with Crippen molar-refractivity contribution in [3.05, 3.63) is 138 Å². The van der Waals surface area contributed by atoms with Crippen molar-refractivity contribution in [1.29, 1.82) is 10.5 Å². The van der Waals surface area contributed by atoms with Gasteiger partial charge >= 0.3 is 0 Å². The summed E-state index contributed by atoms with van der Waals surface area (Å²) in [4.78, 5) is 9.12. The van der Waals surface area contributed by atoms with Crippen molar-refractivity contribution in [2.75, 3.05) is 6.54 Å². The minimum absolute atomic E-state index is 0.597. The molecule has 42 heavy (non-hydrogen) atoms. The number of hydrogen-bond acceptors (Lipinski definition) is 4. The summed E-state index contributed by atoms with van der Waals surface area (Å²) in [6, 6.07) is 42.2. The highest BCUT2D eigenvalue weighted by atomic mass is 14.7.